The zero-order valence-electron chi connectivity index (χ0n) is 24.3. The highest BCUT2D eigenvalue weighted by Crippen LogP contribution is 2.39. The summed E-state index contributed by atoms with van der Waals surface area (Å²) in [5, 5.41) is 24.5. The van der Waals surface area contributed by atoms with Crippen molar-refractivity contribution in [2.75, 3.05) is 11.9 Å². The van der Waals surface area contributed by atoms with E-state index >= 15 is 0 Å². The third kappa shape index (κ3) is 7.88. The lowest BCUT2D eigenvalue weighted by atomic mass is 9.76. The second kappa shape index (κ2) is 13.1. The van der Waals surface area contributed by atoms with Gasteiger partial charge in [-0.05, 0) is 93.3 Å². The van der Waals surface area contributed by atoms with Crippen LogP contribution in [0.25, 0.3) is 11.3 Å². The first-order valence-electron chi connectivity index (χ1n) is 13.9. The number of rotatable bonds is 7. The molecule has 0 aliphatic heterocycles. The van der Waals surface area contributed by atoms with Crippen LogP contribution in [0.3, 0.4) is 0 Å². The summed E-state index contributed by atoms with van der Waals surface area (Å²) < 4.78 is 49.8. The van der Waals surface area contributed by atoms with Crippen molar-refractivity contribution >= 4 is 17.7 Å². The van der Waals surface area contributed by atoms with Crippen molar-refractivity contribution in [3.05, 3.63) is 77.0 Å². The summed E-state index contributed by atoms with van der Waals surface area (Å²) in [5.41, 5.74) is -1.55. The second-order valence-electron chi connectivity index (χ2n) is 11.9. The number of alkyl carbamates (subject to hydrolysis) is 1. The third-order valence-corrected chi connectivity index (χ3v) is 7.14. The summed E-state index contributed by atoms with van der Waals surface area (Å²) in [6, 6.07) is 5.13. The fourth-order valence-electron chi connectivity index (χ4n) is 5.36. The van der Waals surface area contributed by atoms with E-state index in [1.165, 1.54) is 6.20 Å². The van der Waals surface area contributed by atoms with Crippen LogP contribution in [0.4, 0.5) is 23.7 Å². The first kappa shape index (κ1) is 31.9. The topological polar surface area (TPSA) is 134 Å². The van der Waals surface area contributed by atoms with Gasteiger partial charge in [0, 0.05) is 12.2 Å². The fourth-order valence-corrected chi connectivity index (χ4v) is 5.36. The Morgan fingerprint density at radius 2 is 1.77 bits per heavy atom. The molecule has 0 unspecified atom stereocenters. The van der Waals surface area contributed by atoms with Crippen molar-refractivity contribution in [1.29, 1.82) is 0 Å². The number of aliphatic hydroxyl groups excluding tert-OH is 2. The van der Waals surface area contributed by atoms with Crippen molar-refractivity contribution in [3.8, 4) is 11.3 Å². The third-order valence-electron chi connectivity index (χ3n) is 7.14. The summed E-state index contributed by atoms with van der Waals surface area (Å²) in [4.78, 5) is 33.7. The molecule has 1 aliphatic carbocycles. The zero-order chi connectivity index (χ0) is 31.5. The maximum atomic E-state index is 14.9. The van der Waals surface area contributed by atoms with E-state index in [0.29, 0.717) is 12.1 Å². The monoisotopic (exact) mass is 600 g/mol. The number of pyridine rings is 2. The van der Waals surface area contributed by atoms with Gasteiger partial charge in [0.1, 0.15) is 40.5 Å². The van der Waals surface area contributed by atoms with Crippen LogP contribution in [0.2, 0.25) is 0 Å². The van der Waals surface area contributed by atoms with Gasteiger partial charge in [-0.1, -0.05) is 6.92 Å². The van der Waals surface area contributed by atoms with Gasteiger partial charge in [0.2, 0.25) is 0 Å². The lowest BCUT2D eigenvalue weighted by Gasteiger charge is -2.35. The van der Waals surface area contributed by atoms with E-state index in [9.17, 15) is 27.9 Å². The van der Waals surface area contributed by atoms with Crippen molar-refractivity contribution in [1.82, 2.24) is 15.3 Å². The molecule has 0 spiro atoms. The number of aromatic nitrogens is 2. The van der Waals surface area contributed by atoms with Gasteiger partial charge in [0.05, 0.1) is 24.1 Å². The normalized spacial score (nSPS) is 19.4. The maximum absolute atomic E-state index is 14.9. The summed E-state index contributed by atoms with van der Waals surface area (Å²) in [7, 11) is 0. The minimum atomic E-state index is -1.53. The van der Waals surface area contributed by atoms with Crippen LogP contribution in [-0.4, -0.2) is 50.4 Å². The first-order valence-corrected chi connectivity index (χ1v) is 13.9. The van der Waals surface area contributed by atoms with Crippen LogP contribution in [-0.2, 0) is 4.74 Å². The van der Waals surface area contributed by atoms with E-state index in [2.05, 4.69) is 27.5 Å². The molecule has 1 fully saturated rings. The van der Waals surface area contributed by atoms with E-state index < -0.39 is 59.0 Å². The molecular formula is C31H35F3N4O5. The highest BCUT2D eigenvalue weighted by Gasteiger charge is 2.31. The Morgan fingerprint density at radius 1 is 1.07 bits per heavy atom. The Morgan fingerprint density at radius 3 is 2.42 bits per heavy atom. The molecule has 0 bridgehead atoms. The van der Waals surface area contributed by atoms with Crippen molar-refractivity contribution < 1.29 is 37.7 Å². The van der Waals surface area contributed by atoms with Gasteiger partial charge in [-0.25, -0.2) is 22.9 Å². The molecule has 4 rings (SSSR count). The van der Waals surface area contributed by atoms with E-state index in [4.69, 9.17) is 9.84 Å². The number of aliphatic hydroxyl groups is 2. The van der Waals surface area contributed by atoms with Crippen LogP contribution in [0.5, 0.6) is 0 Å². The molecule has 9 nitrogen and oxygen atoms in total. The van der Waals surface area contributed by atoms with Gasteiger partial charge in [-0.2, -0.15) is 0 Å². The second-order valence-corrected chi connectivity index (χ2v) is 11.9. The van der Waals surface area contributed by atoms with E-state index in [-0.39, 0.29) is 29.1 Å². The molecule has 43 heavy (non-hydrogen) atoms. The molecule has 4 N–H and O–H groups in total. The number of hydrogen-bond donors (Lipinski definition) is 4. The Labute approximate surface area is 247 Å². The quantitative estimate of drug-likeness (QED) is 0.276. The van der Waals surface area contributed by atoms with Gasteiger partial charge in [0.15, 0.2) is 0 Å². The number of carbonyl (C=O) groups excluding carboxylic acids is 2. The largest absolute Gasteiger partial charge is 0.444 e. The van der Waals surface area contributed by atoms with Gasteiger partial charge in [-0.3, -0.25) is 9.78 Å². The Hall–Kier alpha value is -4.03. The Kier molecular flexibility index (Phi) is 9.71. The molecule has 12 heteroatoms. The number of benzene rings is 1. The van der Waals surface area contributed by atoms with Crippen molar-refractivity contribution in [3.63, 3.8) is 0 Å². The van der Waals surface area contributed by atoms with Crippen LogP contribution in [0.1, 0.15) is 80.6 Å². The predicted octanol–water partition coefficient (Wildman–Crippen LogP) is 5.64. The molecule has 0 saturated heterocycles. The highest BCUT2D eigenvalue weighted by atomic mass is 19.1. The summed E-state index contributed by atoms with van der Waals surface area (Å²) in [5.74, 6) is -4.05. The molecule has 2 amide bonds. The lowest BCUT2D eigenvalue weighted by molar-refractivity contribution is 0.0482. The smallest absolute Gasteiger partial charge is 0.407 e. The lowest BCUT2D eigenvalue weighted by Crippen LogP contribution is -2.42. The number of carbonyl (C=O) groups is 2. The van der Waals surface area contributed by atoms with E-state index in [1.807, 2.05) is 0 Å². The molecule has 1 saturated carbocycles. The van der Waals surface area contributed by atoms with E-state index in [0.717, 1.165) is 42.7 Å². The van der Waals surface area contributed by atoms with Gasteiger partial charge >= 0.3 is 6.09 Å². The predicted molar refractivity (Wildman–Crippen MR) is 153 cm³/mol. The molecule has 1 aliphatic rings. The number of amides is 2. The first-order chi connectivity index (χ1) is 20.3. The molecule has 2 heterocycles. The molecule has 0 radical (unpaired) electrons. The van der Waals surface area contributed by atoms with Gasteiger partial charge < -0.3 is 25.6 Å². The molecule has 4 atom stereocenters. The Balaban J connectivity index is 1.57. The molecule has 3 aromatic rings. The van der Waals surface area contributed by atoms with Crippen molar-refractivity contribution in [2.45, 2.75) is 70.6 Å². The number of hydrogen-bond acceptors (Lipinski definition) is 7. The number of nitrogens with one attached hydrogen (secondary N) is 2. The number of nitrogens with zero attached hydrogens (tertiary/aromatic N) is 2. The SMILES string of the molecule is C[C@@H]1C[C@H](NC(=O)OC(C)(C)C)C[C@H](c2ccncc2NC(=O)c2ccc(F)c(-c3c(F)cc([C@@H](O)CO)cc3F)n2)C1. The summed E-state index contributed by atoms with van der Waals surface area (Å²) in [6.07, 6.45) is 3.18. The minimum absolute atomic E-state index is 0.0466. The van der Waals surface area contributed by atoms with Gasteiger partial charge in [-0.15, -0.1) is 0 Å². The standard InChI is InChI=1S/C31H35F3N4O5/c1-16-9-17(11-19(10-16)36-30(42)43-31(2,3)4)20-7-8-35-14-25(20)38-29(41)24-6-5-21(32)28(37-24)27-22(33)12-18(13-23(27)34)26(40)15-39/h5-8,12-14,16-17,19,26,39-40H,9-11,15H2,1-4H3,(H,36,42)(H,38,41)/t16-,17+,19-,26-/m0/s1. The summed E-state index contributed by atoms with van der Waals surface area (Å²) in [6.45, 7) is 6.68. The average molecular weight is 601 g/mol. The minimum Gasteiger partial charge on any atom is -0.444 e. The fraction of sp³-hybridized carbons (Fsp3) is 0.419. The molecule has 2 aromatic heterocycles. The number of ether oxygens (including phenoxy) is 1. The van der Waals surface area contributed by atoms with Crippen LogP contribution in [0, 0.1) is 23.4 Å². The number of halogens is 3. The van der Waals surface area contributed by atoms with Crippen LogP contribution < -0.4 is 10.6 Å². The Bertz CT molecular complexity index is 1470. The average Bonchev–Trinajstić information content (AvgIpc) is 2.92. The van der Waals surface area contributed by atoms with Crippen LogP contribution in [0.15, 0.2) is 42.7 Å². The molecule has 230 valence electrons. The molecule has 1 aromatic carbocycles. The zero-order valence-corrected chi connectivity index (χ0v) is 24.3. The van der Waals surface area contributed by atoms with Crippen molar-refractivity contribution in [2.24, 2.45) is 5.92 Å². The van der Waals surface area contributed by atoms with E-state index in [1.54, 1.807) is 33.0 Å². The molecular weight excluding hydrogens is 565 g/mol. The van der Waals surface area contributed by atoms with Crippen LogP contribution >= 0.6 is 0 Å². The summed E-state index contributed by atoms with van der Waals surface area (Å²) >= 11 is 0. The highest BCUT2D eigenvalue weighted by molar-refractivity contribution is 6.03. The number of anilines is 1. The van der Waals surface area contributed by atoms with Gasteiger partial charge in [0.25, 0.3) is 5.91 Å². The maximum Gasteiger partial charge on any atom is 0.407 e.